The molecule has 0 spiro atoms. The number of anilines is 1. The zero-order valence-corrected chi connectivity index (χ0v) is 9.20. The summed E-state index contributed by atoms with van der Waals surface area (Å²) in [6.07, 6.45) is 4.36. The van der Waals surface area contributed by atoms with E-state index in [2.05, 4.69) is 15.3 Å². The molecule has 0 unspecified atom stereocenters. The number of rotatable bonds is 3. The van der Waals surface area contributed by atoms with Gasteiger partial charge in [0.2, 0.25) is 0 Å². The zero-order valence-electron chi connectivity index (χ0n) is 9.20. The molecule has 0 aromatic carbocycles. The number of amides is 1. The lowest BCUT2D eigenvalue weighted by atomic mass is 10.2. The minimum Gasteiger partial charge on any atom is -0.477 e. The van der Waals surface area contributed by atoms with Gasteiger partial charge >= 0.3 is 5.97 Å². The number of carboxylic acids is 1. The van der Waals surface area contributed by atoms with Gasteiger partial charge in [0.05, 0.1) is 11.9 Å². The third-order valence-electron chi connectivity index (χ3n) is 2.16. The second kappa shape index (κ2) is 5.05. The van der Waals surface area contributed by atoms with E-state index in [0.717, 1.165) is 0 Å². The van der Waals surface area contributed by atoms with E-state index in [4.69, 9.17) is 5.11 Å². The molecule has 18 heavy (non-hydrogen) atoms. The van der Waals surface area contributed by atoms with Crippen molar-refractivity contribution in [1.29, 1.82) is 0 Å². The molecule has 2 rings (SSSR count). The summed E-state index contributed by atoms with van der Waals surface area (Å²) in [5.74, 6) is -1.58. The number of hydrogen-bond acceptors (Lipinski definition) is 4. The third-order valence-corrected chi connectivity index (χ3v) is 2.16. The molecule has 0 aliphatic heterocycles. The number of aromatic carboxylic acids is 1. The average Bonchev–Trinajstić information content (AvgIpc) is 2.40. The van der Waals surface area contributed by atoms with Crippen LogP contribution in [-0.4, -0.2) is 27.0 Å². The molecule has 0 atom stereocenters. The fourth-order valence-electron chi connectivity index (χ4n) is 1.33. The Bertz CT molecular complexity index is 584. The van der Waals surface area contributed by atoms with Gasteiger partial charge in [-0.2, -0.15) is 0 Å². The van der Waals surface area contributed by atoms with Crippen molar-refractivity contribution < 1.29 is 14.7 Å². The summed E-state index contributed by atoms with van der Waals surface area (Å²) in [7, 11) is 0. The molecular weight excluding hydrogens is 234 g/mol. The summed E-state index contributed by atoms with van der Waals surface area (Å²) in [6.45, 7) is 0. The minimum absolute atomic E-state index is 0.172. The summed E-state index contributed by atoms with van der Waals surface area (Å²) in [4.78, 5) is 30.1. The predicted molar refractivity (Wildman–Crippen MR) is 63.4 cm³/mol. The molecule has 6 nitrogen and oxygen atoms in total. The molecule has 0 bridgehead atoms. The molecule has 6 heteroatoms. The van der Waals surface area contributed by atoms with Crippen molar-refractivity contribution in [1.82, 2.24) is 9.97 Å². The maximum atomic E-state index is 11.8. The first-order valence-electron chi connectivity index (χ1n) is 5.07. The number of pyridine rings is 2. The third kappa shape index (κ3) is 2.67. The van der Waals surface area contributed by atoms with Crippen molar-refractivity contribution >= 4 is 17.6 Å². The highest BCUT2D eigenvalue weighted by Crippen LogP contribution is 2.08. The number of carboxylic acid groups (broad SMARTS) is 1. The summed E-state index contributed by atoms with van der Waals surface area (Å²) >= 11 is 0. The van der Waals surface area contributed by atoms with Crippen LogP contribution in [0.5, 0.6) is 0 Å². The van der Waals surface area contributed by atoms with Gasteiger partial charge in [0.15, 0.2) is 0 Å². The lowest BCUT2D eigenvalue weighted by Gasteiger charge is -2.04. The Hall–Kier alpha value is -2.76. The summed E-state index contributed by atoms with van der Waals surface area (Å²) < 4.78 is 0. The van der Waals surface area contributed by atoms with Crippen molar-refractivity contribution in [3.8, 4) is 0 Å². The van der Waals surface area contributed by atoms with Crippen molar-refractivity contribution in [2.75, 3.05) is 5.32 Å². The maximum Gasteiger partial charge on any atom is 0.354 e. The highest BCUT2D eigenvalue weighted by molar-refractivity contribution is 6.05. The topological polar surface area (TPSA) is 92.2 Å². The van der Waals surface area contributed by atoms with E-state index >= 15 is 0 Å². The SMILES string of the molecule is O=C(Nc1cccnc1)c1ccnc(C(=O)O)c1. The molecular formula is C12H9N3O3. The highest BCUT2D eigenvalue weighted by Gasteiger charge is 2.10. The summed E-state index contributed by atoms with van der Waals surface area (Å²) in [5, 5.41) is 11.4. The van der Waals surface area contributed by atoms with Gasteiger partial charge in [-0.25, -0.2) is 9.78 Å². The molecule has 1 amide bonds. The molecule has 2 aromatic heterocycles. The Balaban J connectivity index is 2.19. The Morgan fingerprint density at radius 1 is 1.22 bits per heavy atom. The van der Waals surface area contributed by atoms with Crippen molar-refractivity contribution in [3.63, 3.8) is 0 Å². The van der Waals surface area contributed by atoms with E-state index in [0.29, 0.717) is 5.69 Å². The van der Waals surface area contributed by atoms with Crippen LogP contribution in [0.15, 0.2) is 42.9 Å². The second-order valence-electron chi connectivity index (χ2n) is 3.43. The Kier molecular flexibility index (Phi) is 3.29. The quantitative estimate of drug-likeness (QED) is 0.850. The van der Waals surface area contributed by atoms with Gasteiger partial charge in [0.1, 0.15) is 5.69 Å². The van der Waals surface area contributed by atoms with Crippen LogP contribution >= 0.6 is 0 Å². The van der Waals surface area contributed by atoms with Crippen molar-refractivity contribution in [2.24, 2.45) is 0 Å². The second-order valence-corrected chi connectivity index (χ2v) is 3.43. The zero-order chi connectivity index (χ0) is 13.0. The largest absolute Gasteiger partial charge is 0.477 e. The average molecular weight is 243 g/mol. The lowest BCUT2D eigenvalue weighted by molar-refractivity contribution is 0.0690. The van der Waals surface area contributed by atoms with Crippen molar-refractivity contribution in [2.45, 2.75) is 0 Å². The van der Waals surface area contributed by atoms with E-state index in [9.17, 15) is 9.59 Å². The van der Waals surface area contributed by atoms with E-state index in [1.165, 1.54) is 24.5 Å². The van der Waals surface area contributed by atoms with E-state index in [1.807, 2.05) is 0 Å². The van der Waals surface area contributed by atoms with Crippen LogP contribution < -0.4 is 5.32 Å². The lowest BCUT2D eigenvalue weighted by Crippen LogP contribution is -2.13. The fraction of sp³-hybridized carbons (Fsp3) is 0. The molecule has 0 aliphatic carbocycles. The van der Waals surface area contributed by atoms with Gasteiger partial charge in [-0.3, -0.25) is 9.78 Å². The number of nitrogens with one attached hydrogen (secondary N) is 1. The van der Waals surface area contributed by atoms with Gasteiger partial charge in [-0.1, -0.05) is 0 Å². The van der Waals surface area contributed by atoms with Crippen molar-refractivity contribution in [3.05, 3.63) is 54.1 Å². The number of hydrogen-bond donors (Lipinski definition) is 2. The van der Waals surface area contributed by atoms with Crippen LogP contribution in [-0.2, 0) is 0 Å². The number of aromatic nitrogens is 2. The molecule has 0 saturated carbocycles. The van der Waals surface area contributed by atoms with Crippen LogP contribution in [0.25, 0.3) is 0 Å². The molecule has 2 N–H and O–H groups in total. The molecule has 0 aliphatic rings. The maximum absolute atomic E-state index is 11.8. The van der Waals surface area contributed by atoms with Crippen LogP contribution in [0.3, 0.4) is 0 Å². The van der Waals surface area contributed by atoms with E-state index < -0.39 is 11.9 Å². The molecule has 0 fully saturated rings. The molecule has 2 aromatic rings. The standard InChI is InChI=1S/C12H9N3O3/c16-11(15-9-2-1-4-13-7-9)8-3-5-14-10(6-8)12(17)18/h1-7H,(H,15,16)(H,17,18). The first kappa shape index (κ1) is 11.7. The van der Waals surface area contributed by atoms with Gasteiger partial charge in [0.25, 0.3) is 5.91 Å². The molecule has 0 saturated heterocycles. The van der Waals surface area contributed by atoms with Crippen LogP contribution in [0.1, 0.15) is 20.8 Å². The van der Waals surface area contributed by atoms with Gasteiger partial charge in [-0.15, -0.1) is 0 Å². The van der Waals surface area contributed by atoms with Crippen LogP contribution in [0.2, 0.25) is 0 Å². The Morgan fingerprint density at radius 3 is 2.72 bits per heavy atom. The van der Waals surface area contributed by atoms with Gasteiger partial charge < -0.3 is 10.4 Å². The molecule has 90 valence electrons. The fourth-order valence-corrected chi connectivity index (χ4v) is 1.33. The first-order valence-corrected chi connectivity index (χ1v) is 5.07. The minimum atomic E-state index is -1.17. The monoisotopic (exact) mass is 243 g/mol. The van der Waals surface area contributed by atoms with Gasteiger partial charge in [0, 0.05) is 18.0 Å². The molecule has 0 radical (unpaired) electrons. The molecule has 2 heterocycles. The smallest absolute Gasteiger partial charge is 0.354 e. The van der Waals surface area contributed by atoms with Crippen LogP contribution in [0.4, 0.5) is 5.69 Å². The highest BCUT2D eigenvalue weighted by atomic mass is 16.4. The summed E-state index contributed by atoms with van der Waals surface area (Å²) in [5.41, 5.74) is 0.594. The van der Waals surface area contributed by atoms with E-state index in [-0.39, 0.29) is 11.3 Å². The predicted octanol–water partition coefficient (Wildman–Crippen LogP) is 1.43. The van der Waals surface area contributed by atoms with E-state index in [1.54, 1.807) is 18.3 Å². The number of carbonyl (C=O) groups excluding carboxylic acids is 1. The number of nitrogens with zero attached hydrogens (tertiary/aromatic N) is 2. The Labute approximate surface area is 102 Å². The van der Waals surface area contributed by atoms with Crippen LogP contribution in [0, 0.1) is 0 Å². The Morgan fingerprint density at radius 2 is 2.06 bits per heavy atom. The number of carbonyl (C=O) groups is 2. The normalized spacial score (nSPS) is 9.78. The van der Waals surface area contributed by atoms with Gasteiger partial charge in [-0.05, 0) is 24.3 Å². The summed E-state index contributed by atoms with van der Waals surface area (Å²) in [6, 6.07) is 6.03. The first-order chi connectivity index (χ1) is 8.66.